The second-order valence-corrected chi connectivity index (χ2v) is 6.74. The van der Waals surface area contributed by atoms with Crippen LogP contribution in [0.25, 0.3) is 0 Å². The molecule has 0 N–H and O–H groups in total. The van der Waals surface area contributed by atoms with Crippen LogP contribution in [0, 0.1) is 5.92 Å². The van der Waals surface area contributed by atoms with Crippen LogP contribution in [0.15, 0.2) is 30.3 Å². The van der Waals surface area contributed by atoms with Gasteiger partial charge in [0.15, 0.2) is 0 Å². The maximum absolute atomic E-state index is 12.4. The molecule has 0 heterocycles. The van der Waals surface area contributed by atoms with E-state index < -0.39 is 4.33 Å². The van der Waals surface area contributed by atoms with Crippen molar-refractivity contribution in [2.24, 2.45) is 5.92 Å². The lowest BCUT2D eigenvalue weighted by molar-refractivity contribution is -0.133. The summed E-state index contributed by atoms with van der Waals surface area (Å²) >= 11 is 12.0. The van der Waals surface area contributed by atoms with E-state index in [0.717, 1.165) is 18.4 Å². The Balaban J connectivity index is 1.71. The molecule has 1 atom stereocenters. The maximum atomic E-state index is 12.4. The van der Waals surface area contributed by atoms with Gasteiger partial charge in [-0.15, -0.1) is 23.2 Å². The minimum atomic E-state index is -0.819. The van der Waals surface area contributed by atoms with Gasteiger partial charge in [0.25, 0.3) is 0 Å². The summed E-state index contributed by atoms with van der Waals surface area (Å²) in [5.41, 5.74) is 1.16. The average molecular weight is 284 g/mol. The highest BCUT2D eigenvalue weighted by molar-refractivity contribution is 6.52. The fraction of sp³-hybridized carbons (Fsp3) is 0.500. The maximum Gasteiger partial charge on any atom is 0.229 e. The van der Waals surface area contributed by atoms with Crippen LogP contribution in [0.5, 0.6) is 0 Å². The second-order valence-electron chi connectivity index (χ2n) is 5.20. The van der Waals surface area contributed by atoms with Gasteiger partial charge in [-0.3, -0.25) is 4.79 Å². The molecule has 0 radical (unpaired) electrons. The summed E-state index contributed by atoms with van der Waals surface area (Å²) in [6.45, 7) is 0.671. The minimum Gasteiger partial charge on any atom is -0.335 e. The number of alkyl halides is 2. The third kappa shape index (κ3) is 2.50. The van der Waals surface area contributed by atoms with Crippen molar-refractivity contribution in [3.63, 3.8) is 0 Å². The Hall–Kier alpha value is -0.730. The van der Waals surface area contributed by atoms with Gasteiger partial charge >= 0.3 is 0 Å². The molecule has 0 spiro atoms. The molecule has 0 saturated heterocycles. The minimum absolute atomic E-state index is 0.117. The molecule has 3 rings (SSSR count). The van der Waals surface area contributed by atoms with Gasteiger partial charge in [0.1, 0.15) is 4.33 Å². The first-order valence-electron chi connectivity index (χ1n) is 6.30. The summed E-state index contributed by atoms with van der Waals surface area (Å²) in [4.78, 5) is 14.3. The predicted molar refractivity (Wildman–Crippen MR) is 72.6 cm³/mol. The van der Waals surface area contributed by atoms with Crippen LogP contribution in [-0.2, 0) is 11.3 Å². The van der Waals surface area contributed by atoms with Crippen molar-refractivity contribution in [3.8, 4) is 0 Å². The zero-order chi connectivity index (χ0) is 12.8. The number of halogens is 2. The Morgan fingerprint density at radius 2 is 1.89 bits per heavy atom. The molecular formula is C14H15Cl2NO. The summed E-state index contributed by atoms with van der Waals surface area (Å²) in [6, 6.07) is 10.5. The van der Waals surface area contributed by atoms with Gasteiger partial charge in [-0.05, 0) is 24.8 Å². The summed E-state index contributed by atoms with van der Waals surface area (Å²) in [5, 5.41) is 0. The molecular weight excluding hydrogens is 269 g/mol. The van der Waals surface area contributed by atoms with Crippen molar-refractivity contribution >= 4 is 29.1 Å². The largest absolute Gasteiger partial charge is 0.335 e. The molecule has 2 saturated carbocycles. The monoisotopic (exact) mass is 283 g/mol. The highest BCUT2D eigenvalue weighted by Crippen LogP contribution is 2.54. The smallest absolute Gasteiger partial charge is 0.229 e. The molecule has 2 nitrogen and oxygen atoms in total. The normalized spacial score (nSPS) is 24.7. The zero-order valence-electron chi connectivity index (χ0n) is 9.98. The van der Waals surface area contributed by atoms with E-state index >= 15 is 0 Å². The average Bonchev–Trinajstić information content (AvgIpc) is 3.24. The molecule has 0 aliphatic heterocycles. The first-order valence-corrected chi connectivity index (χ1v) is 7.06. The molecule has 0 aromatic heterocycles. The number of carbonyl (C=O) groups excluding carboxylic acids is 1. The molecule has 0 bridgehead atoms. The molecule has 1 aromatic carbocycles. The van der Waals surface area contributed by atoms with Crippen LogP contribution < -0.4 is 0 Å². The predicted octanol–water partition coefficient (Wildman–Crippen LogP) is 3.37. The summed E-state index contributed by atoms with van der Waals surface area (Å²) in [5.74, 6) is -0.0866. The van der Waals surface area contributed by atoms with E-state index in [4.69, 9.17) is 23.2 Å². The van der Waals surface area contributed by atoms with Crippen molar-refractivity contribution in [2.45, 2.75) is 36.2 Å². The lowest BCUT2D eigenvalue weighted by Gasteiger charge is -2.23. The van der Waals surface area contributed by atoms with E-state index in [1.807, 2.05) is 35.2 Å². The fourth-order valence-corrected chi connectivity index (χ4v) is 2.73. The van der Waals surface area contributed by atoms with E-state index in [-0.39, 0.29) is 11.8 Å². The third-order valence-corrected chi connectivity index (χ3v) is 4.43. The summed E-state index contributed by atoms with van der Waals surface area (Å²) in [6.07, 6.45) is 2.79. The fourth-order valence-electron chi connectivity index (χ4n) is 2.23. The van der Waals surface area contributed by atoms with Crippen molar-refractivity contribution in [1.82, 2.24) is 4.90 Å². The van der Waals surface area contributed by atoms with E-state index in [0.29, 0.717) is 19.0 Å². The van der Waals surface area contributed by atoms with Crippen LogP contribution in [0.1, 0.15) is 24.8 Å². The molecule has 1 amide bonds. The van der Waals surface area contributed by atoms with Crippen LogP contribution in [0.4, 0.5) is 0 Å². The molecule has 4 heteroatoms. The molecule has 18 heavy (non-hydrogen) atoms. The Morgan fingerprint density at radius 1 is 1.28 bits per heavy atom. The van der Waals surface area contributed by atoms with Crippen molar-refractivity contribution in [2.75, 3.05) is 0 Å². The molecule has 2 aliphatic carbocycles. The molecule has 2 fully saturated rings. The number of benzene rings is 1. The van der Waals surface area contributed by atoms with Crippen molar-refractivity contribution < 1.29 is 4.79 Å². The van der Waals surface area contributed by atoms with Crippen molar-refractivity contribution in [3.05, 3.63) is 35.9 Å². The lowest BCUT2D eigenvalue weighted by Crippen LogP contribution is -2.34. The number of hydrogen-bond donors (Lipinski definition) is 0. The molecule has 1 unspecified atom stereocenters. The topological polar surface area (TPSA) is 20.3 Å². The Bertz CT molecular complexity index is 456. The van der Waals surface area contributed by atoms with E-state index in [9.17, 15) is 4.79 Å². The van der Waals surface area contributed by atoms with Crippen LogP contribution in [0.2, 0.25) is 0 Å². The number of nitrogens with zero attached hydrogens (tertiary/aromatic N) is 1. The van der Waals surface area contributed by atoms with Crippen LogP contribution in [-0.4, -0.2) is 21.2 Å². The van der Waals surface area contributed by atoms with Gasteiger partial charge in [-0.1, -0.05) is 30.3 Å². The summed E-state index contributed by atoms with van der Waals surface area (Å²) in [7, 11) is 0. The first-order chi connectivity index (χ1) is 8.58. The number of hydrogen-bond acceptors (Lipinski definition) is 1. The number of amides is 1. The first kappa shape index (κ1) is 12.3. The number of carbonyl (C=O) groups is 1. The van der Waals surface area contributed by atoms with E-state index in [1.165, 1.54) is 0 Å². The van der Waals surface area contributed by atoms with Gasteiger partial charge in [-0.25, -0.2) is 0 Å². The second kappa shape index (κ2) is 4.43. The van der Waals surface area contributed by atoms with E-state index in [2.05, 4.69) is 0 Å². The third-order valence-electron chi connectivity index (χ3n) is 3.59. The quantitative estimate of drug-likeness (QED) is 0.776. The Labute approximate surface area is 117 Å². The molecule has 1 aromatic rings. The lowest BCUT2D eigenvalue weighted by atomic mass is 10.2. The van der Waals surface area contributed by atoms with Gasteiger partial charge in [0.05, 0.1) is 5.92 Å². The Kier molecular flexibility index (Phi) is 3.03. The standard InChI is InChI=1S/C14H15Cl2NO/c15-14(16)8-12(14)13(18)17(11-6-7-11)9-10-4-2-1-3-5-10/h1-5,11-12H,6-9H2. The molecule has 96 valence electrons. The van der Waals surface area contributed by atoms with Crippen LogP contribution in [0.3, 0.4) is 0 Å². The van der Waals surface area contributed by atoms with Crippen molar-refractivity contribution in [1.29, 1.82) is 0 Å². The number of rotatable bonds is 4. The zero-order valence-corrected chi connectivity index (χ0v) is 11.5. The SMILES string of the molecule is O=C(C1CC1(Cl)Cl)N(Cc1ccccc1)C1CC1. The van der Waals surface area contributed by atoms with Gasteiger partial charge in [0.2, 0.25) is 5.91 Å². The molecule has 2 aliphatic rings. The summed E-state index contributed by atoms with van der Waals surface area (Å²) < 4.78 is -0.819. The van der Waals surface area contributed by atoms with Gasteiger partial charge in [0, 0.05) is 12.6 Å². The van der Waals surface area contributed by atoms with Crippen LogP contribution >= 0.6 is 23.2 Å². The van der Waals surface area contributed by atoms with Gasteiger partial charge < -0.3 is 4.90 Å². The van der Waals surface area contributed by atoms with E-state index in [1.54, 1.807) is 0 Å². The highest BCUT2D eigenvalue weighted by atomic mass is 35.5. The van der Waals surface area contributed by atoms with Gasteiger partial charge in [-0.2, -0.15) is 0 Å². The Morgan fingerprint density at radius 3 is 2.39 bits per heavy atom. The highest BCUT2D eigenvalue weighted by Gasteiger charge is 2.58.